The Bertz CT molecular complexity index is 3260. The third-order valence-corrected chi connectivity index (χ3v) is 14.6. The Hall–Kier alpha value is -7.74. The second kappa shape index (κ2) is 12.9. The zero-order chi connectivity index (χ0) is 43.0. The van der Waals surface area contributed by atoms with E-state index in [0.717, 1.165) is 33.8 Å². The minimum atomic E-state index is -1.23. The van der Waals surface area contributed by atoms with Gasteiger partial charge in [-0.15, -0.1) is 0 Å². The molecule has 0 atom stereocenters. The summed E-state index contributed by atoms with van der Waals surface area (Å²) >= 11 is 0. The number of anilines is 3. The molecule has 0 aliphatic heterocycles. The lowest BCUT2D eigenvalue weighted by atomic mass is 9.70. The Labute approximate surface area is 367 Å². The molecule has 4 nitrogen and oxygen atoms in total. The van der Waals surface area contributed by atoms with Crippen LogP contribution in [0, 0.1) is 6.57 Å². The molecule has 0 saturated carbocycles. The SMILES string of the molecule is [C-]#[N+]/C(=C\c1ccc2c(c1)C1(c3ccccc3-c3ccccc31)c1cc(N(c3ccc4c(c3)C(C)(C)c3ccccc3-4)c3ccc4c(c3)C(C)(C)c3ccccc3-4)ccc1-2)C(=O)O. The van der Waals surface area contributed by atoms with Crippen LogP contribution >= 0.6 is 0 Å². The van der Waals surface area contributed by atoms with Gasteiger partial charge in [-0.05, 0) is 137 Å². The van der Waals surface area contributed by atoms with E-state index in [-0.39, 0.29) is 16.5 Å². The minimum absolute atomic E-state index is 0.185. The molecule has 0 bridgehead atoms. The molecule has 63 heavy (non-hydrogen) atoms. The highest BCUT2D eigenvalue weighted by atomic mass is 16.4. The predicted octanol–water partition coefficient (Wildman–Crippen LogP) is 14.5. The first-order chi connectivity index (χ1) is 30.5. The van der Waals surface area contributed by atoms with Gasteiger partial charge < -0.3 is 10.0 Å². The Morgan fingerprint density at radius 2 is 0.810 bits per heavy atom. The van der Waals surface area contributed by atoms with E-state index in [9.17, 15) is 9.90 Å². The van der Waals surface area contributed by atoms with Crippen LogP contribution in [0.2, 0.25) is 0 Å². The molecular formula is C59H42N2O2. The number of rotatable bonds is 5. The van der Waals surface area contributed by atoms with E-state index in [1.807, 2.05) is 6.07 Å². The van der Waals surface area contributed by atoms with Crippen LogP contribution in [0.15, 0.2) is 176 Å². The van der Waals surface area contributed by atoms with E-state index in [1.165, 1.54) is 78.4 Å². The van der Waals surface area contributed by atoms with Crippen LogP contribution in [-0.4, -0.2) is 11.1 Å². The fraction of sp³-hybridized carbons (Fsp3) is 0.119. The lowest BCUT2D eigenvalue weighted by molar-refractivity contribution is -0.132. The van der Waals surface area contributed by atoms with Crippen LogP contribution in [0.5, 0.6) is 0 Å². The largest absolute Gasteiger partial charge is 0.486 e. The summed E-state index contributed by atoms with van der Waals surface area (Å²) in [5.74, 6) is -1.23. The Kier molecular flexibility index (Phi) is 7.58. The monoisotopic (exact) mass is 810 g/mol. The quantitative estimate of drug-likeness (QED) is 0.139. The third kappa shape index (κ3) is 4.88. The molecule has 0 fully saturated rings. The highest BCUT2D eigenvalue weighted by molar-refractivity contribution is 5.99. The number of carboxylic acids is 1. The number of aliphatic carboxylic acids is 1. The molecule has 12 rings (SSSR count). The first-order valence-electron chi connectivity index (χ1n) is 21.6. The van der Waals surface area contributed by atoms with Crippen molar-refractivity contribution in [3.63, 3.8) is 0 Å². The topological polar surface area (TPSA) is 44.9 Å². The molecule has 0 amide bonds. The van der Waals surface area contributed by atoms with Crippen LogP contribution in [-0.2, 0) is 21.0 Å². The number of carboxylic acid groups (broad SMARTS) is 1. The maximum atomic E-state index is 12.1. The van der Waals surface area contributed by atoms with Crippen LogP contribution in [0.1, 0.15) is 77.8 Å². The van der Waals surface area contributed by atoms with Crippen LogP contribution in [0.25, 0.3) is 55.4 Å². The van der Waals surface area contributed by atoms with Crippen molar-refractivity contribution < 1.29 is 9.90 Å². The molecule has 300 valence electrons. The number of hydrogen-bond donors (Lipinski definition) is 1. The van der Waals surface area contributed by atoms with Crippen molar-refractivity contribution in [2.24, 2.45) is 0 Å². The summed E-state index contributed by atoms with van der Waals surface area (Å²) in [6.07, 6.45) is 1.49. The van der Waals surface area contributed by atoms with Gasteiger partial charge in [0, 0.05) is 27.9 Å². The van der Waals surface area contributed by atoms with Crippen LogP contribution in [0.3, 0.4) is 0 Å². The van der Waals surface area contributed by atoms with Gasteiger partial charge in [-0.2, -0.15) is 0 Å². The highest BCUT2D eigenvalue weighted by Gasteiger charge is 2.52. The van der Waals surface area contributed by atoms with Gasteiger partial charge in [0.2, 0.25) is 0 Å². The molecule has 4 heteroatoms. The number of fused-ring (bicyclic) bond motifs is 16. The Morgan fingerprint density at radius 1 is 0.460 bits per heavy atom. The summed E-state index contributed by atoms with van der Waals surface area (Å²) in [7, 11) is 0. The summed E-state index contributed by atoms with van der Waals surface area (Å²) in [4.78, 5) is 17.9. The van der Waals surface area contributed by atoms with Gasteiger partial charge in [0.1, 0.15) is 0 Å². The zero-order valence-corrected chi connectivity index (χ0v) is 35.5. The first kappa shape index (κ1) is 37.1. The van der Waals surface area contributed by atoms with E-state index in [2.05, 4.69) is 201 Å². The van der Waals surface area contributed by atoms with Crippen LogP contribution in [0.4, 0.5) is 17.1 Å². The first-order valence-corrected chi connectivity index (χ1v) is 21.6. The second-order valence-corrected chi connectivity index (χ2v) is 18.5. The number of hydrogen-bond acceptors (Lipinski definition) is 2. The Morgan fingerprint density at radius 3 is 1.25 bits per heavy atom. The molecule has 0 aromatic heterocycles. The third-order valence-electron chi connectivity index (χ3n) is 14.6. The summed E-state index contributed by atoms with van der Waals surface area (Å²) in [6.45, 7) is 17.0. The van der Waals surface area contributed by atoms with Gasteiger partial charge in [0.25, 0.3) is 5.70 Å². The summed E-state index contributed by atoms with van der Waals surface area (Å²) in [5, 5.41) is 9.87. The van der Waals surface area contributed by atoms with Gasteiger partial charge in [0.15, 0.2) is 0 Å². The van der Waals surface area contributed by atoms with Crippen molar-refractivity contribution in [3.8, 4) is 44.5 Å². The molecule has 0 saturated heterocycles. The van der Waals surface area contributed by atoms with Gasteiger partial charge in [-0.3, -0.25) is 4.79 Å². The number of benzene rings is 8. The number of nitrogens with zero attached hydrogens (tertiary/aromatic N) is 2. The second-order valence-electron chi connectivity index (χ2n) is 18.5. The summed E-state index contributed by atoms with van der Waals surface area (Å²) < 4.78 is 0. The lowest BCUT2D eigenvalue weighted by Crippen LogP contribution is -2.26. The predicted molar refractivity (Wildman–Crippen MR) is 255 cm³/mol. The van der Waals surface area contributed by atoms with Crippen molar-refractivity contribution in [3.05, 3.63) is 237 Å². The maximum absolute atomic E-state index is 12.1. The van der Waals surface area contributed by atoms with Crippen molar-refractivity contribution >= 4 is 29.1 Å². The highest BCUT2D eigenvalue weighted by Crippen LogP contribution is 2.64. The lowest BCUT2D eigenvalue weighted by Gasteiger charge is -2.33. The van der Waals surface area contributed by atoms with Crippen molar-refractivity contribution in [2.75, 3.05) is 4.90 Å². The van der Waals surface area contributed by atoms with Gasteiger partial charge in [-0.25, -0.2) is 4.85 Å². The summed E-state index contributed by atoms with van der Waals surface area (Å²) in [5.41, 5.74) is 22.2. The minimum Gasteiger partial charge on any atom is -0.486 e. The zero-order valence-electron chi connectivity index (χ0n) is 35.5. The molecule has 0 heterocycles. The van der Waals surface area contributed by atoms with Crippen molar-refractivity contribution in [1.29, 1.82) is 0 Å². The molecule has 1 N–H and O–H groups in total. The molecule has 0 unspecified atom stereocenters. The molecule has 4 aliphatic carbocycles. The fourth-order valence-corrected chi connectivity index (χ4v) is 11.8. The molecule has 8 aromatic rings. The molecule has 0 radical (unpaired) electrons. The van der Waals surface area contributed by atoms with E-state index < -0.39 is 11.4 Å². The number of carbonyl (C=O) groups is 1. The normalized spacial score (nSPS) is 15.6. The van der Waals surface area contributed by atoms with Gasteiger partial charge in [-0.1, -0.05) is 161 Å². The van der Waals surface area contributed by atoms with Gasteiger partial charge in [0.05, 0.1) is 12.0 Å². The van der Waals surface area contributed by atoms with E-state index in [0.29, 0.717) is 5.56 Å². The molecule has 8 aromatic carbocycles. The van der Waals surface area contributed by atoms with Crippen LogP contribution < -0.4 is 4.90 Å². The average molecular weight is 811 g/mol. The van der Waals surface area contributed by atoms with Crippen molar-refractivity contribution in [1.82, 2.24) is 0 Å². The van der Waals surface area contributed by atoms with E-state index in [1.54, 1.807) is 0 Å². The Balaban J connectivity index is 1.12. The fourth-order valence-electron chi connectivity index (χ4n) is 11.8. The van der Waals surface area contributed by atoms with Crippen molar-refractivity contribution in [2.45, 2.75) is 43.9 Å². The smallest absolute Gasteiger partial charge is 0.333 e. The maximum Gasteiger partial charge on any atom is 0.333 e. The average Bonchev–Trinajstić information content (AvgIpc) is 3.93. The summed E-state index contributed by atoms with van der Waals surface area (Å²) in [6, 6.07) is 62.2. The molecule has 4 aliphatic rings. The van der Waals surface area contributed by atoms with E-state index in [4.69, 9.17) is 6.57 Å². The van der Waals surface area contributed by atoms with E-state index >= 15 is 0 Å². The molecular weight excluding hydrogens is 769 g/mol. The molecule has 1 spiro atoms. The standard InChI is InChI=1S/C59H42N2O2/c1-57(2)47-18-10-6-14-39(47)43-27-23-36(32-51(43)57)61(37-24-28-44-40-15-7-11-19-48(40)58(3,4)52(44)33-37)38-25-29-46-45-26-22-35(31-55(60-5)56(62)63)30-53(45)59(54(46)34-38)49-20-12-8-16-41(49)42-17-9-13-21-50(42)59/h6-34H,1-4H3,(H,62,63)/b55-31-. The van der Waals surface area contributed by atoms with Gasteiger partial charge >= 0.3 is 5.97 Å².